The summed E-state index contributed by atoms with van der Waals surface area (Å²) in [7, 11) is 0. The highest BCUT2D eigenvalue weighted by Crippen LogP contribution is 2.05. The third kappa shape index (κ3) is 10.0. The number of hydrogen-bond donors (Lipinski definition) is 8. The number of carboxylic acid groups (broad SMARTS) is 1. The molecular weight excluding hydrogens is 398 g/mol. The number of amides is 3. The van der Waals surface area contributed by atoms with Gasteiger partial charge in [-0.3, -0.25) is 24.2 Å². The Bertz CT molecular complexity index is 636. The Balaban J connectivity index is 4.91. The molecule has 0 bridgehead atoms. The van der Waals surface area contributed by atoms with Crippen LogP contribution in [0.1, 0.15) is 33.6 Å². The third-order valence-corrected chi connectivity index (χ3v) is 4.10. The van der Waals surface area contributed by atoms with Crippen LogP contribution in [0.3, 0.4) is 0 Å². The SMILES string of the molecule is CC(NC(=O)C(CO)NC(=O)C(NC(=O)C(N)CCCN=C(N)N)C(C)C)C(=O)O. The van der Waals surface area contributed by atoms with Gasteiger partial charge in [-0.25, -0.2) is 0 Å². The predicted molar refractivity (Wildman–Crippen MR) is 109 cm³/mol. The van der Waals surface area contributed by atoms with Gasteiger partial charge in [-0.1, -0.05) is 13.8 Å². The molecule has 0 aliphatic rings. The van der Waals surface area contributed by atoms with Crippen LogP contribution in [0.2, 0.25) is 0 Å². The quantitative estimate of drug-likeness (QED) is 0.0821. The van der Waals surface area contributed by atoms with Crippen LogP contribution >= 0.6 is 0 Å². The van der Waals surface area contributed by atoms with E-state index in [1.54, 1.807) is 13.8 Å². The van der Waals surface area contributed by atoms with Crippen LogP contribution in [-0.2, 0) is 19.2 Å². The van der Waals surface area contributed by atoms with E-state index in [1.165, 1.54) is 6.92 Å². The highest BCUT2D eigenvalue weighted by Gasteiger charge is 2.30. The zero-order chi connectivity index (χ0) is 23.4. The maximum absolute atomic E-state index is 12.6. The van der Waals surface area contributed by atoms with E-state index in [1.807, 2.05) is 0 Å². The van der Waals surface area contributed by atoms with Crippen molar-refractivity contribution in [2.75, 3.05) is 13.2 Å². The van der Waals surface area contributed by atoms with Gasteiger partial charge < -0.3 is 43.4 Å². The van der Waals surface area contributed by atoms with Crippen LogP contribution in [0.15, 0.2) is 4.99 Å². The smallest absolute Gasteiger partial charge is 0.325 e. The number of nitrogens with zero attached hydrogens (tertiary/aromatic N) is 1. The molecule has 4 atom stereocenters. The molecule has 0 saturated carbocycles. The fraction of sp³-hybridized carbons (Fsp3) is 0.706. The van der Waals surface area contributed by atoms with Gasteiger partial charge in [-0.2, -0.15) is 0 Å². The van der Waals surface area contributed by atoms with Crippen molar-refractivity contribution in [1.29, 1.82) is 0 Å². The molecule has 4 unspecified atom stereocenters. The van der Waals surface area contributed by atoms with Crippen molar-refractivity contribution in [2.45, 2.75) is 57.8 Å². The summed E-state index contributed by atoms with van der Waals surface area (Å²) >= 11 is 0. The first-order valence-corrected chi connectivity index (χ1v) is 9.46. The Labute approximate surface area is 174 Å². The Morgan fingerprint density at radius 1 is 0.967 bits per heavy atom. The molecule has 30 heavy (non-hydrogen) atoms. The molecule has 11 N–H and O–H groups in total. The molecule has 13 nitrogen and oxygen atoms in total. The molecule has 0 aromatic heterocycles. The summed E-state index contributed by atoms with van der Waals surface area (Å²) in [6.07, 6.45) is 0.739. The lowest BCUT2D eigenvalue weighted by Gasteiger charge is -2.26. The van der Waals surface area contributed by atoms with Crippen molar-refractivity contribution in [3.63, 3.8) is 0 Å². The normalized spacial score (nSPS) is 14.7. The molecule has 0 aromatic carbocycles. The number of aliphatic imine (C=N–C) groups is 1. The zero-order valence-corrected chi connectivity index (χ0v) is 17.4. The number of guanidine groups is 1. The molecule has 0 aliphatic heterocycles. The summed E-state index contributed by atoms with van der Waals surface area (Å²) in [5.41, 5.74) is 16.3. The number of aliphatic carboxylic acids is 1. The van der Waals surface area contributed by atoms with Gasteiger partial charge in [0.25, 0.3) is 0 Å². The predicted octanol–water partition coefficient (Wildman–Crippen LogP) is -3.43. The summed E-state index contributed by atoms with van der Waals surface area (Å²) in [4.78, 5) is 51.5. The van der Waals surface area contributed by atoms with Crippen molar-refractivity contribution in [3.8, 4) is 0 Å². The Kier molecular flexibility index (Phi) is 12.0. The maximum atomic E-state index is 12.6. The van der Waals surface area contributed by atoms with Crippen LogP contribution < -0.4 is 33.2 Å². The Morgan fingerprint density at radius 3 is 2.03 bits per heavy atom. The van der Waals surface area contributed by atoms with E-state index >= 15 is 0 Å². The minimum Gasteiger partial charge on any atom is -0.480 e. The lowest BCUT2D eigenvalue weighted by Crippen LogP contribution is -2.59. The lowest BCUT2D eigenvalue weighted by molar-refractivity contribution is -0.142. The number of carboxylic acids is 1. The molecule has 0 heterocycles. The van der Waals surface area contributed by atoms with Gasteiger partial charge in [0.2, 0.25) is 17.7 Å². The molecule has 13 heteroatoms. The van der Waals surface area contributed by atoms with E-state index in [4.69, 9.17) is 22.3 Å². The fourth-order valence-electron chi connectivity index (χ4n) is 2.28. The maximum Gasteiger partial charge on any atom is 0.325 e. The van der Waals surface area contributed by atoms with Crippen LogP contribution in [-0.4, -0.2) is 77.2 Å². The van der Waals surface area contributed by atoms with Gasteiger partial charge in [0.05, 0.1) is 12.6 Å². The van der Waals surface area contributed by atoms with Crippen molar-refractivity contribution in [2.24, 2.45) is 28.1 Å². The molecule has 0 radical (unpaired) electrons. The summed E-state index contributed by atoms with van der Waals surface area (Å²) in [6.45, 7) is 4.14. The average Bonchev–Trinajstić information content (AvgIpc) is 2.65. The van der Waals surface area contributed by atoms with E-state index in [2.05, 4.69) is 20.9 Å². The van der Waals surface area contributed by atoms with Crippen LogP contribution in [0.25, 0.3) is 0 Å². The van der Waals surface area contributed by atoms with Gasteiger partial charge in [0.1, 0.15) is 18.1 Å². The Morgan fingerprint density at radius 2 is 1.57 bits per heavy atom. The summed E-state index contributed by atoms with van der Waals surface area (Å²) in [5, 5.41) is 25.2. The highest BCUT2D eigenvalue weighted by atomic mass is 16.4. The lowest BCUT2D eigenvalue weighted by atomic mass is 10.0. The van der Waals surface area contributed by atoms with Crippen LogP contribution in [0, 0.1) is 5.92 Å². The minimum atomic E-state index is -1.38. The first-order chi connectivity index (χ1) is 13.9. The second-order valence-electron chi connectivity index (χ2n) is 7.10. The number of carbonyl (C=O) groups excluding carboxylic acids is 3. The molecule has 0 saturated heterocycles. The Hall–Kier alpha value is -2.93. The van der Waals surface area contributed by atoms with Crippen molar-refractivity contribution < 1.29 is 29.4 Å². The molecule has 0 fully saturated rings. The summed E-state index contributed by atoms with van der Waals surface area (Å²) < 4.78 is 0. The minimum absolute atomic E-state index is 0.0650. The molecule has 0 aromatic rings. The standard InChI is InChI=1S/C17H33N7O6/c1-8(2)12(24-13(26)10(18)5-4-6-21-17(19)20)15(28)23-11(7-25)14(27)22-9(3)16(29)30/h8-12,25H,4-7,18H2,1-3H3,(H,22,27)(H,23,28)(H,24,26)(H,29,30)(H4,19,20,21). The van der Waals surface area contributed by atoms with E-state index in [0.29, 0.717) is 13.0 Å². The third-order valence-electron chi connectivity index (χ3n) is 4.10. The monoisotopic (exact) mass is 431 g/mol. The van der Waals surface area contributed by atoms with Crippen molar-refractivity contribution >= 4 is 29.7 Å². The van der Waals surface area contributed by atoms with Gasteiger partial charge in [-0.05, 0) is 25.7 Å². The highest BCUT2D eigenvalue weighted by molar-refractivity contribution is 5.94. The first kappa shape index (κ1) is 27.1. The number of aliphatic hydroxyl groups excluding tert-OH is 1. The molecule has 0 spiro atoms. The largest absolute Gasteiger partial charge is 0.480 e. The van der Waals surface area contributed by atoms with Crippen LogP contribution in [0.5, 0.6) is 0 Å². The van der Waals surface area contributed by atoms with Crippen LogP contribution in [0.4, 0.5) is 0 Å². The second-order valence-corrected chi connectivity index (χ2v) is 7.10. The number of hydrogen-bond acceptors (Lipinski definition) is 7. The zero-order valence-electron chi connectivity index (χ0n) is 17.4. The van der Waals surface area contributed by atoms with Gasteiger partial charge in [0, 0.05) is 6.54 Å². The van der Waals surface area contributed by atoms with Crippen molar-refractivity contribution in [3.05, 3.63) is 0 Å². The summed E-state index contributed by atoms with van der Waals surface area (Å²) in [5.74, 6) is -3.85. The molecular formula is C17H33N7O6. The van der Waals surface area contributed by atoms with Gasteiger partial charge in [-0.15, -0.1) is 0 Å². The average molecular weight is 431 g/mol. The van der Waals surface area contributed by atoms with Crippen molar-refractivity contribution in [1.82, 2.24) is 16.0 Å². The summed E-state index contributed by atoms with van der Waals surface area (Å²) in [6, 6.07) is -4.52. The molecule has 0 rings (SSSR count). The van der Waals surface area contributed by atoms with Gasteiger partial charge in [0.15, 0.2) is 5.96 Å². The second kappa shape index (κ2) is 13.3. The number of rotatable bonds is 13. The van der Waals surface area contributed by atoms with E-state index < -0.39 is 54.5 Å². The number of carbonyl (C=O) groups is 4. The van der Waals surface area contributed by atoms with Gasteiger partial charge >= 0.3 is 5.97 Å². The molecule has 172 valence electrons. The first-order valence-electron chi connectivity index (χ1n) is 9.46. The van der Waals surface area contributed by atoms with E-state index in [-0.39, 0.29) is 18.3 Å². The van der Waals surface area contributed by atoms with E-state index in [0.717, 1.165) is 0 Å². The number of nitrogens with one attached hydrogen (secondary N) is 3. The topological polar surface area (TPSA) is 235 Å². The molecule has 3 amide bonds. The number of nitrogens with two attached hydrogens (primary N) is 3. The van der Waals surface area contributed by atoms with E-state index in [9.17, 15) is 24.3 Å². The fourth-order valence-corrected chi connectivity index (χ4v) is 2.28. The molecule has 0 aliphatic carbocycles. The number of aliphatic hydroxyl groups is 1.